The highest BCUT2D eigenvalue weighted by Gasteiger charge is 2.04. The Morgan fingerprint density at radius 1 is 1.21 bits per heavy atom. The zero-order chi connectivity index (χ0) is 13.7. The Labute approximate surface area is 117 Å². The molecule has 0 atom stereocenters. The SMILES string of the molecule is CCN(CC)c1ccc(N=Nc2nccs2)c(C)c1. The number of hydrogen-bond acceptors (Lipinski definition) is 5. The van der Waals surface area contributed by atoms with E-state index in [9.17, 15) is 0 Å². The van der Waals surface area contributed by atoms with E-state index in [1.54, 1.807) is 6.20 Å². The van der Waals surface area contributed by atoms with E-state index in [4.69, 9.17) is 0 Å². The Morgan fingerprint density at radius 2 is 2.00 bits per heavy atom. The number of nitrogens with zero attached hydrogens (tertiary/aromatic N) is 4. The lowest BCUT2D eigenvalue weighted by Crippen LogP contribution is -2.21. The van der Waals surface area contributed by atoms with Gasteiger partial charge in [-0.3, -0.25) is 0 Å². The number of thiazole rings is 1. The summed E-state index contributed by atoms with van der Waals surface area (Å²) in [7, 11) is 0. The van der Waals surface area contributed by atoms with Gasteiger partial charge in [0.15, 0.2) is 0 Å². The van der Waals surface area contributed by atoms with Crippen LogP contribution in [-0.2, 0) is 0 Å². The molecule has 0 aliphatic heterocycles. The summed E-state index contributed by atoms with van der Waals surface area (Å²) in [6.07, 6.45) is 1.73. The van der Waals surface area contributed by atoms with Crippen LogP contribution in [0.15, 0.2) is 40.0 Å². The van der Waals surface area contributed by atoms with Gasteiger partial charge in [-0.05, 0) is 44.5 Å². The van der Waals surface area contributed by atoms with Gasteiger partial charge in [0.2, 0.25) is 5.13 Å². The lowest BCUT2D eigenvalue weighted by atomic mass is 10.1. The molecule has 0 radical (unpaired) electrons. The summed E-state index contributed by atoms with van der Waals surface area (Å²) in [5, 5.41) is 11.0. The molecule has 5 heteroatoms. The molecule has 1 aromatic heterocycles. The first-order valence-electron chi connectivity index (χ1n) is 6.41. The maximum Gasteiger partial charge on any atom is 0.229 e. The van der Waals surface area contributed by atoms with Crippen LogP contribution in [0.2, 0.25) is 0 Å². The Hall–Kier alpha value is -1.75. The molecule has 0 fully saturated rings. The van der Waals surface area contributed by atoms with E-state index in [2.05, 4.69) is 53.0 Å². The van der Waals surface area contributed by atoms with Crippen LogP contribution in [0.1, 0.15) is 19.4 Å². The number of aryl methyl sites for hydroxylation is 1. The summed E-state index contributed by atoms with van der Waals surface area (Å²) in [6, 6.07) is 6.26. The van der Waals surface area contributed by atoms with Crippen molar-refractivity contribution in [2.24, 2.45) is 10.2 Å². The second kappa shape index (κ2) is 6.43. The number of anilines is 1. The predicted molar refractivity (Wildman–Crippen MR) is 81.0 cm³/mol. The Morgan fingerprint density at radius 3 is 2.58 bits per heavy atom. The average molecular weight is 274 g/mol. The summed E-state index contributed by atoms with van der Waals surface area (Å²) >= 11 is 1.48. The first-order valence-corrected chi connectivity index (χ1v) is 7.29. The monoisotopic (exact) mass is 274 g/mol. The van der Waals surface area contributed by atoms with Gasteiger partial charge in [-0.25, -0.2) is 4.98 Å². The highest BCUT2D eigenvalue weighted by atomic mass is 32.1. The summed E-state index contributed by atoms with van der Waals surface area (Å²) in [6.45, 7) is 8.40. The smallest absolute Gasteiger partial charge is 0.229 e. The zero-order valence-corrected chi connectivity index (χ0v) is 12.3. The second-order valence-electron chi connectivity index (χ2n) is 4.16. The van der Waals surface area contributed by atoms with Crippen LogP contribution in [0.4, 0.5) is 16.5 Å². The molecule has 1 aromatic carbocycles. The standard InChI is InChI=1S/C14H18N4S/c1-4-18(5-2)12-6-7-13(11(3)10-12)16-17-14-15-8-9-19-14/h6-10H,4-5H2,1-3H3. The van der Waals surface area contributed by atoms with Crippen LogP contribution in [0.5, 0.6) is 0 Å². The zero-order valence-electron chi connectivity index (χ0n) is 11.5. The number of aromatic nitrogens is 1. The highest BCUT2D eigenvalue weighted by molar-refractivity contribution is 7.13. The van der Waals surface area contributed by atoms with Gasteiger partial charge in [-0.1, -0.05) is 0 Å². The number of azo groups is 1. The maximum atomic E-state index is 4.25. The van der Waals surface area contributed by atoms with E-state index in [-0.39, 0.29) is 0 Å². The van der Waals surface area contributed by atoms with Gasteiger partial charge in [0.05, 0.1) is 5.69 Å². The van der Waals surface area contributed by atoms with Crippen molar-refractivity contribution in [1.82, 2.24) is 4.98 Å². The summed E-state index contributed by atoms with van der Waals surface area (Å²) < 4.78 is 0. The molecule has 0 aliphatic carbocycles. The largest absolute Gasteiger partial charge is 0.372 e. The quantitative estimate of drug-likeness (QED) is 0.741. The molecule has 0 saturated carbocycles. The third kappa shape index (κ3) is 3.38. The minimum Gasteiger partial charge on any atom is -0.372 e. The van der Waals surface area contributed by atoms with Gasteiger partial charge in [-0.15, -0.1) is 21.6 Å². The van der Waals surface area contributed by atoms with Gasteiger partial charge in [0, 0.05) is 30.4 Å². The highest BCUT2D eigenvalue weighted by Crippen LogP contribution is 2.27. The van der Waals surface area contributed by atoms with Gasteiger partial charge in [0.25, 0.3) is 0 Å². The molecule has 0 bridgehead atoms. The average Bonchev–Trinajstić information content (AvgIpc) is 2.92. The van der Waals surface area contributed by atoms with Gasteiger partial charge >= 0.3 is 0 Å². The lowest BCUT2D eigenvalue weighted by molar-refractivity contribution is 0.865. The van der Waals surface area contributed by atoms with E-state index < -0.39 is 0 Å². The maximum absolute atomic E-state index is 4.25. The fourth-order valence-corrected chi connectivity index (χ4v) is 2.35. The first kappa shape index (κ1) is 13.7. The minimum atomic E-state index is 0.687. The number of rotatable bonds is 5. The summed E-state index contributed by atoms with van der Waals surface area (Å²) in [5.74, 6) is 0. The molecule has 1 heterocycles. The molecule has 2 rings (SSSR count). The normalized spacial score (nSPS) is 11.1. The van der Waals surface area contributed by atoms with Crippen LogP contribution in [0.3, 0.4) is 0 Å². The summed E-state index contributed by atoms with van der Waals surface area (Å²) in [5.41, 5.74) is 3.26. The fraction of sp³-hybridized carbons (Fsp3) is 0.357. The van der Waals surface area contributed by atoms with Crippen LogP contribution in [0, 0.1) is 6.92 Å². The van der Waals surface area contributed by atoms with Crippen molar-refractivity contribution < 1.29 is 0 Å². The second-order valence-corrected chi connectivity index (χ2v) is 5.03. The molecule has 100 valence electrons. The third-order valence-corrected chi connectivity index (χ3v) is 3.63. The first-order chi connectivity index (χ1) is 9.24. The topological polar surface area (TPSA) is 40.9 Å². The van der Waals surface area contributed by atoms with Crippen LogP contribution in [0.25, 0.3) is 0 Å². The Balaban J connectivity index is 2.20. The Kier molecular flexibility index (Phi) is 4.63. The van der Waals surface area contributed by atoms with E-state index in [0.717, 1.165) is 24.3 Å². The summed E-state index contributed by atoms with van der Waals surface area (Å²) in [4.78, 5) is 6.40. The molecule has 0 saturated heterocycles. The molecule has 0 aliphatic rings. The van der Waals surface area contributed by atoms with Crippen molar-refractivity contribution in [1.29, 1.82) is 0 Å². The molecule has 0 N–H and O–H groups in total. The Bertz CT molecular complexity index is 545. The molecule has 0 unspecified atom stereocenters. The van der Waals surface area contributed by atoms with Gasteiger partial charge in [-0.2, -0.15) is 0 Å². The predicted octanol–water partition coefficient (Wildman–Crippen LogP) is 4.71. The minimum absolute atomic E-state index is 0.687. The molecule has 2 aromatic rings. The van der Waals surface area contributed by atoms with Gasteiger partial charge < -0.3 is 4.90 Å². The van der Waals surface area contributed by atoms with Crippen LogP contribution < -0.4 is 4.90 Å². The molecule has 4 nitrogen and oxygen atoms in total. The molecule has 0 spiro atoms. The van der Waals surface area contributed by atoms with E-state index in [1.807, 2.05) is 11.4 Å². The van der Waals surface area contributed by atoms with Crippen molar-refractivity contribution >= 4 is 27.8 Å². The van der Waals surface area contributed by atoms with E-state index in [1.165, 1.54) is 17.0 Å². The van der Waals surface area contributed by atoms with Crippen molar-refractivity contribution in [3.8, 4) is 0 Å². The molecule has 0 amide bonds. The van der Waals surface area contributed by atoms with Crippen molar-refractivity contribution in [3.63, 3.8) is 0 Å². The van der Waals surface area contributed by atoms with Crippen molar-refractivity contribution in [2.45, 2.75) is 20.8 Å². The van der Waals surface area contributed by atoms with Crippen LogP contribution in [-0.4, -0.2) is 18.1 Å². The van der Waals surface area contributed by atoms with E-state index >= 15 is 0 Å². The van der Waals surface area contributed by atoms with Crippen molar-refractivity contribution in [3.05, 3.63) is 35.3 Å². The number of benzene rings is 1. The number of hydrogen-bond donors (Lipinski definition) is 0. The lowest BCUT2D eigenvalue weighted by Gasteiger charge is -2.21. The molecular weight excluding hydrogens is 256 g/mol. The molecule has 19 heavy (non-hydrogen) atoms. The van der Waals surface area contributed by atoms with Crippen molar-refractivity contribution in [2.75, 3.05) is 18.0 Å². The molecular formula is C14H18N4S. The fourth-order valence-electron chi connectivity index (χ4n) is 1.90. The van der Waals surface area contributed by atoms with Gasteiger partial charge in [0.1, 0.15) is 0 Å². The van der Waals surface area contributed by atoms with E-state index in [0.29, 0.717) is 5.13 Å². The third-order valence-electron chi connectivity index (χ3n) is 2.97. The van der Waals surface area contributed by atoms with Crippen LogP contribution >= 0.6 is 11.3 Å².